The number of rotatable bonds is 8. The molecular formula is C44H72FNO6. The molecule has 0 saturated carbocycles. The molecule has 52 heavy (non-hydrogen) atoms. The Balaban J connectivity index is -0.000000268. The highest BCUT2D eigenvalue weighted by Gasteiger charge is 2.30. The number of benzene rings is 2. The van der Waals surface area contributed by atoms with Crippen molar-refractivity contribution in [3.8, 4) is 0 Å². The van der Waals surface area contributed by atoms with Crippen LogP contribution in [0.25, 0.3) is 0 Å². The second-order valence-electron chi connectivity index (χ2n) is 10.7. The molecule has 0 bridgehead atoms. The molecule has 2 aromatic rings. The Labute approximate surface area is 316 Å². The molecule has 2 aromatic carbocycles. The van der Waals surface area contributed by atoms with Crippen molar-refractivity contribution in [2.75, 3.05) is 31.2 Å². The average Bonchev–Trinajstić information content (AvgIpc) is 3.15. The fraction of sp³-hybridized carbons (Fsp3) is 0.455. The van der Waals surface area contributed by atoms with Crippen LogP contribution in [0.5, 0.6) is 0 Å². The standard InChI is InChI=1S/C9H11N.C8H9FO.C8H12.C7H12O.C6H12O4.2C2H6.C2H4/c1-2-5-9(6-3-1)10-7-4-8-10;1-6(10)7-2-4-8(9)5-3-7;1-4-5-6-7-8(2)3;1-3-5-6-7(8)4-2;7-3-5-6(9)4(8)1-2-10-5;3*1-2/h1-3,5-6H,4,7-8H2;2-6,10H,1H3;4-7H,2H2,1,3H3;4,6,8H,2-3,5H2,1H3;4-9H,1-3H2;2*1-2H3;1-2H2/b;;5-4-,7-6-;;;;;/t;;;;4?,5?,6-;;;/m....0.../s1. The summed E-state index contributed by atoms with van der Waals surface area (Å²) in [6.45, 7) is 31.4. The Kier molecular flexibility index (Phi) is 42.3. The van der Waals surface area contributed by atoms with Gasteiger partial charge in [0.25, 0.3) is 0 Å². The first-order valence-electron chi connectivity index (χ1n) is 18.3. The van der Waals surface area contributed by atoms with Crippen molar-refractivity contribution >= 4 is 5.69 Å². The first kappa shape index (κ1) is 55.0. The van der Waals surface area contributed by atoms with E-state index < -0.39 is 24.4 Å². The van der Waals surface area contributed by atoms with Crippen molar-refractivity contribution in [3.63, 3.8) is 0 Å². The third kappa shape index (κ3) is 31.0. The van der Waals surface area contributed by atoms with E-state index in [9.17, 15) is 4.39 Å². The van der Waals surface area contributed by atoms with Gasteiger partial charge < -0.3 is 35.2 Å². The summed E-state index contributed by atoms with van der Waals surface area (Å²) >= 11 is 0. The topological polar surface area (TPSA) is 114 Å². The van der Waals surface area contributed by atoms with Crippen molar-refractivity contribution in [1.82, 2.24) is 0 Å². The molecule has 0 amide bonds. The van der Waals surface area contributed by atoms with Crippen LogP contribution in [0.1, 0.15) is 92.7 Å². The number of halogens is 1. The van der Waals surface area contributed by atoms with Crippen molar-refractivity contribution in [2.45, 2.75) is 105 Å². The van der Waals surface area contributed by atoms with Gasteiger partial charge in [0.05, 0.1) is 18.8 Å². The summed E-state index contributed by atoms with van der Waals surface area (Å²) in [6, 6.07) is 16.4. The zero-order valence-electron chi connectivity index (χ0n) is 33.4. The molecule has 2 saturated heterocycles. The third-order valence-electron chi connectivity index (χ3n) is 6.57. The highest BCUT2D eigenvalue weighted by Crippen LogP contribution is 2.19. The van der Waals surface area contributed by atoms with Crippen LogP contribution >= 0.6 is 0 Å². The van der Waals surface area contributed by atoms with E-state index in [0.717, 1.165) is 24.0 Å². The lowest BCUT2D eigenvalue weighted by Crippen LogP contribution is -2.46. The highest BCUT2D eigenvalue weighted by molar-refractivity contribution is 5.47. The van der Waals surface area contributed by atoms with Crippen molar-refractivity contribution in [1.29, 1.82) is 0 Å². The molecule has 7 nitrogen and oxygen atoms in total. The van der Waals surface area contributed by atoms with Gasteiger partial charge >= 0.3 is 0 Å². The smallest absolute Gasteiger partial charge is 0.123 e. The van der Waals surface area contributed by atoms with Crippen LogP contribution in [-0.2, 0) is 4.74 Å². The lowest BCUT2D eigenvalue weighted by atomic mass is 10.0. The van der Waals surface area contributed by atoms with Gasteiger partial charge in [-0.15, -0.1) is 13.2 Å². The number of anilines is 1. The van der Waals surface area contributed by atoms with Crippen LogP contribution in [0.2, 0.25) is 0 Å². The Morgan fingerprint density at radius 2 is 1.56 bits per heavy atom. The fourth-order valence-electron chi connectivity index (χ4n) is 3.68. The Bertz CT molecular complexity index is 1160. The van der Waals surface area contributed by atoms with Gasteiger partial charge in [0, 0.05) is 25.4 Å². The van der Waals surface area contributed by atoms with Crippen LogP contribution in [-0.4, -0.2) is 70.1 Å². The maximum absolute atomic E-state index is 12.3. The molecule has 4 rings (SSSR count). The minimum atomic E-state index is -0.932. The van der Waals surface area contributed by atoms with E-state index in [1.807, 2.05) is 65.8 Å². The number of hydrogen-bond donors (Lipinski definition) is 5. The molecule has 2 aliphatic heterocycles. The molecule has 8 heteroatoms. The monoisotopic (exact) mass is 730 g/mol. The van der Waals surface area contributed by atoms with E-state index in [1.54, 1.807) is 25.1 Å². The van der Waals surface area contributed by atoms with Gasteiger partial charge in [0.15, 0.2) is 0 Å². The molecule has 296 valence electrons. The second kappa shape index (κ2) is 40.0. The van der Waals surface area contributed by atoms with Gasteiger partial charge in [-0.25, -0.2) is 4.39 Å². The van der Waals surface area contributed by atoms with Crippen LogP contribution in [0.3, 0.4) is 0 Å². The van der Waals surface area contributed by atoms with Gasteiger partial charge in [0.2, 0.25) is 0 Å². The molecule has 2 fully saturated rings. The molecule has 5 N–H and O–H groups in total. The minimum Gasteiger partial charge on any atom is -0.508 e. The zero-order valence-corrected chi connectivity index (χ0v) is 33.4. The van der Waals surface area contributed by atoms with Crippen LogP contribution in [0, 0.1) is 5.82 Å². The lowest BCUT2D eigenvalue weighted by molar-refractivity contribution is -0.147. The number of unbranched alkanes of at least 4 members (excludes halogenated alkanes) is 1. The second-order valence-corrected chi connectivity index (χ2v) is 10.7. The SMILES string of the molecule is C=C.C=C(C)/C=C\C=C/C.C=CC(O)=CCCC.CC.CC.CC(O)c1ccc(F)cc1.OCC1OCCC(O)[C@@H]1O.c1ccc(N2CCC2)cc1. The van der Waals surface area contributed by atoms with E-state index in [4.69, 9.17) is 30.3 Å². The Morgan fingerprint density at radius 1 is 1.00 bits per heavy atom. The van der Waals surface area contributed by atoms with E-state index in [2.05, 4.69) is 68.5 Å². The molecule has 0 aromatic heterocycles. The number of aliphatic hydroxyl groups excluding tert-OH is 5. The van der Waals surface area contributed by atoms with E-state index in [0.29, 0.717) is 13.0 Å². The zero-order chi connectivity index (χ0) is 40.7. The van der Waals surface area contributed by atoms with E-state index in [1.165, 1.54) is 43.4 Å². The molecule has 0 aliphatic carbocycles. The van der Waals surface area contributed by atoms with Gasteiger partial charge in [-0.2, -0.15) is 0 Å². The first-order valence-corrected chi connectivity index (χ1v) is 18.3. The van der Waals surface area contributed by atoms with Crippen LogP contribution in [0.4, 0.5) is 10.1 Å². The molecular weight excluding hydrogens is 657 g/mol. The highest BCUT2D eigenvalue weighted by atomic mass is 19.1. The normalized spacial score (nSPS) is 17.5. The average molecular weight is 730 g/mol. The molecule has 2 aliphatic rings. The maximum atomic E-state index is 12.3. The lowest BCUT2D eigenvalue weighted by Gasteiger charge is -2.33. The predicted molar refractivity (Wildman–Crippen MR) is 222 cm³/mol. The van der Waals surface area contributed by atoms with E-state index in [-0.39, 0.29) is 18.2 Å². The number of aliphatic hydroxyl groups is 5. The van der Waals surface area contributed by atoms with Gasteiger partial charge in [-0.3, -0.25) is 0 Å². The fourth-order valence-corrected chi connectivity index (χ4v) is 3.68. The summed E-state index contributed by atoms with van der Waals surface area (Å²) < 4.78 is 17.2. The van der Waals surface area contributed by atoms with Crippen molar-refractivity contribution in [2.24, 2.45) is 0 Å². The van der Waals surface area contributed by atoms with E-state index >= 15 is 0 Å². The molecule has 2 heterocycles. The summed E-state index contributed by atoms with van der Waals surface area (Å²) in [6.07, 6.45) is 12.1. The number of allylic oxidation sites excluding steroid dienone is 7. The Hall–Kier alpha value is -3.79. The minimum absolute atomic E-state index is 0.238. The molecule has 0 spiro atoms. The molecule has 3 unspecified atom stereocenters. The summed E-state index contributed by atoms with van der Waals surface area (Å²) in [5.41, 5.74) is 3.19. The number of para-hydroxylation sites is 1. The quantitative estimate of drug-likeness (QED) is 0.104. The van der Waals surface area contributed by atoms with Crippen LogP contribution < -0.4 is 4.90 Å². The largest absolute Gasteiger partial charge is 0.508 e. The summed E-state index contributed by atoms with van der Waals surface area (Å²) in [4.78, 5) is 2.39. The van der Waals surface area contributed by atoms with Gasteiger partial charge in [-0.05, 0) is 82.0 Å². The van der Waals surface area contributed by atoms with Crippen molar-refractivity contribution < 1.29 is 34.7 Å². The number of nitrogens with zero attached hydrogens (tertiary/aromatic N) is 1. The van der Waals surface area contributed by atoms with Gasteiger partial charge in [0.1, 0.15) is 23.8 Å². The molecule has 0 radical (unpaired) electrons. The van der Waals surface area contributed by atoms with Gasteiger partial charge in [-0.1, -0.05) is 114 Å². The first-order chi connectivity index (χ1) is 25.0. The maximum Gasteiger partial charge on any atom is 0.123 e. The summed E-state index contributed by atoms with van der Waals surface area (Å²) in [5.74, 6) is 0.0104. The van der Waals surface area contributed by atoms with Crippen molar-refractivity contribution in [3.05, 3.63) is 140 Å². The predicted octanol–water partition coefficient (Wildman–Crippen LogP) is 10.2. The number of ether oxygens (including phenoxy) is 1. The third-order valence-corrected chi connectivity index (χ3v) is 6.57. The molecule has 4 atom stereocenters. The number of hydrogen-bond acceptors (Lipinski definition) is 7. The summed E-state index contributed by atoms with van der Waals surface area (Å²) in [5, 5.41) is 44.4. The summed E-state index contributed by atoms with van der Waals surface area (Å²) in [7, 11) is 0. The Morgan fingerprint density at radius 3 is 1.94 bits per heavy atom. The van der Waals surface area contributed by atoms with Crippen LogP contribution in [0.15, 0.2) is 129 Å².